The molecular formula is C16H22Cl2N2O. The van der Waals surface area contributed by atoms with Gasteiger partial charge < -0.3 is 4.90 Å². The maximum atomic E-state index is 12.3. The Balaban J connectivity index is 1.93. The molecule has 0 radical (unpaired) electrons. The summed E-state index contributed by atoms with van der Waals surface area (Å²) in [4.78, 5) is 16.9. The van der Waals surface area contributed by atoms with E-state index in [2.05, 4.69) is 23.9 Å². The number of rotatable bonds is 6. The predicted octanol–water partition coefficient (Wildman–Crippen LogP) is 3.59. The number of hydrogen-bond donors (Lipinski definition) is 0. The van der Waals surface area contributed by atoms with Gasteiger partial charge in [-0.25, -0.2) is 0 Å². The van der Waals surface area contributed by atoms with Gasteiger partial charge in [0, 0.05) is 31.1 Å². The minimum Gasteiger partial charge on any atom is -0.308 e. The lowest BCUT2D eigenvalue weighted by Gasteiger charge is -2.26. The molecule has 0 spiro atoms. The van der Waals surface area contributed by atoms with E-state index in [1.807, 2.05) is 0 Å². The van der Waals surface area contributed by atoms with Crippen LogP contribution < -0.4 is 0 Å². The van der Waals surface area contributed by atoms with E-state index in [-0.39, 0.29) is 5.78 Å². The molecular weight excluding hydrogens is 307 g/mol. The zero-order valence-corrected chi connectivity index (χ0v) is 14.1. The van der Waals surface area contributed by atoms with Crippen LogP contribution in [0.15, 0.2) is 18.2 Å². The van der Waals surface area contributed by atoms with Gasteiger partial charge in [-0.3, -0.25) is 9.69 Å². The van der Waals surface area contributed by atoms with Crippen LogP contribution in [0, 0.1) is 0 Å². The van der Waals surface area contributed by atoms with Crippen molar-refractivity contribution in [3.8, 4) is 0 Å². The van der Waals surface area contributed by atoms with E-state index in [4.69, 9.17) is 23.2 Å². The number of carbonyl (C=O) groups is 1. The predicted molar refractivity (Wildman–Crippen MR) is 88.6 cm³/mol. The number of ketones is 1. The number of benzene rings is 1. The number of Topliss-reactive ketones (excluding diaryl/α,β-unsaturated/α-hetero) is 1. The van der Waals surface area contributed by atoms with Crippen LogP contribution in [0.25, 0.3) is 0 Å². The van der Waals surface area contributed by atoms with Crippen LogP contribution in [-0.2, 0) is 0 Å². The van der Waals surface area contributed by atoms with Gasteiger partial charge in [-0.15, -0.1) is 0 Å². The van der Waals surface area contributed by atoms with Crippen molar-refractivity contribution in [1.29, 1.82) is 0 Å². The Morgan fingerprint density at radius 1 is 1.38 bits per heavy atom. The molecule has 116 valence electrons. The first-order valence-electron chi connectivity index (χ1n) is 7.35. The van der Waals surface area contributed by atoms with Gasteiger partial charge >= 0.3 is 0 Å². The molecule has 1 fully saturated rings. The Morgan fingerprint density at radius 2 is 2.14 bits per heavy atom. The second kappa shape index (κ2) is 7.59. The molecule has 0 amide bonds. The van der Waals surface area contributed by atoms with Gasteiger partial charge in [-0.05, 0) is 45.6 Å². The summed E-state index contributed by atoms with van der Waals surface area (Å²) in [7, 11) is 4.18. The van der Waals surface area contributed by atoms with Gasteiger partial charge in [0.05, 0.1) is 10.0 Å². The molecule has 1 aromatic rings. The summed E-state index contributed by atoms with van der Waals surface area (Å²) in [5.41, 5.74) is 0.535. The Kier molecular flexibility index (Phi) is 6.06. The van der Waals surface area contributed by atoms with Gasteiger partial charge in [-0.2, -0.15) is 0 Å². The van der Waals surface area contributed by atoms with Crippen LogP contribution >= 0.6 is 23.2 Å². The molecule has 1 aliphatic rings. The third-order valence-electron chi connectivity index (χ3n) is 3.95. The topological polar surface area (TPSA) is 23.6 Å². The van der Waals surface area contributed by atoms with Crippen molar-refractivity contribution in [3.05, 3.63) is 33.8 Å². The highest BCUT2D eigenvalue weighted by atomic mass is 35.5. The van der Waals surface area contributed by atoms with E-state index >= 15 is 0 Å². The highest BCUT2D eigenvalue weighted by molar-refractivity contribution is 6.43. The van der Waals surface area contributed by atoms with E-state index in [1.165, 1.54) is 12.8 Å². The molecule has 3 nitrogen and oxygen atoms in total. The van der Waals surface area contributed by atoms with Crippen LogP contribution in [0.2, 0.25) is 10.0 Å². The zero-order chi connectivity index (χ0) is 15.4. The first kappa shape index (κ1) is 16.8. The molecule has 0 N–H and O–H groups in total. The quantitative estimate of drug-likeness (QED) is 0.745. The molecule has 0 aliphatic carbocycles. The van der Waals surface area contributed by atoms with E-state index in [0.29, 0.717) is 28.1 Å². The summed E-state index contributed by atoms with van der Waals surface area (Å²) >= 11 is 12.1. The van der Waals surface area contributed by atoms with Crippen LogP contribution in [0.3, 0.4) is 0 Å². The summed E-state index contributed by atoms with van der Waals surface area (Å²) in [6, 6.07) is 5.78. The molecule has 1 saturated heterocycles. The number of halogens is 2. The SMILES string of the molecule is CN(C)CC1CCCN1CCC(=O)c1cccc(Cl)c1Cl. The van der Waals surface area contributed by atoms with Gasteiger partial charge in [-0.1, -0.05) is 29.3 Å². The minimum atomic E-state index is 0.0676. The third kappa shape index (κ3) is 4.43. The van der Waals surface area contributed by atoms with Crippen LogP contribution in [-0.4, -0.2) is 55.4 Å². The van der Waals surface area contributed by atoms with E-state index < -0.39 is 0 Å². The monoisotopic (exact) mass is 328 g/mol. The standard InChI is InChI=1S/C16H22Cl2N2O/c1-19(2)11-12-5-4-9-20(12)10-8-15(21)13-6-3-7-14(17)16(13)18/h3,6-7,12H,4-5,8-11H2,1-2H3. The molecule has 2 rings (SSSR count). The van der Waals surface area contributed by atoms with Gasteiger partial charge in [0.1, 0.15) is 0 Å². The summed E-state index contributed by atoms with van der Waals surface area (Å²) < 4.78 is 0. The Hall–Kier alpha value is -0.610. The summed E-state index contributed by atoms with van der Waals surface area (Å²) in [6.45, 7) is 2.92. The largest absolute Gasteiger partial charge is 0.308 e. The van der Waals surface area contributed by atoms with Gasteiger partial charge in [0.15, 0.2) is 5.78 Å². The molecule has 5 heteroatoms. The van der Waals surface area contributed by atoms with Crippen molar-refractivity contribution in [3.63, 3.8) is 0 Å². The molecule has 0 aromatic heterocycles. The van der Waals surface area contributed by atoms with E-state index in [9.17, 15) is 4.79 Å². The minimum absolute atomic E-state index is 0.0676. The highest BCUT2D eigenvalue weighted by Crippen LogP contribution is 2.27. The zero-order valence-electron chi connectivity index (χ0n) is 12.6. The number of likely N-dealkylation sites (N-methyl/N-ethyl adjacent to an activating group) is 1. The Morgan fingerprint density at radius 3 is 2.86 bits per heavy atom. The number of nitrogens with zero attached hydrogens (tertiary/aromatic N) is 2. The lowest BCUT2D eigenvalue weighted by Crippen LogP contribution is -2.38. The molecule has 0 saturated carbocycles. The fourth-order valence-corrected chi connectivity index (χ4v) is 3.32. The van der Waals surface area contributed by atoms with Crippen molar-refractivity contribution >= 4 is 29.0 Å². The number of carbonyl (C=O) groups excluding carboxylic acids is 1. The maximum absolute atomic E-state index is 12.3. The summed E-state index contributed by atoms with van der Waals surface area (Å²) in [5.74, 6) is 0.0676. The Labute approximate surface area is 136 Å². The number of likely N-dealkylation sites (tertiary alicyclic amines) is 1. The average Bonchev–Trinajstić information content (AvgIpc) is 2.85. The van der Waals surface area contributed by atoms with Crippen molar-refractivity contribution in [1.82, 2.24) is 9.80 Å². The smallest absolute Gasteiger partial charge is 0.165 e. The summed E-state index contributed by atoms with van der Waals surface area (Å²) in [6.07, 6.45) is 2.92. The fraction of sp³-hybridized carbons (Fsp3) is 0.562. The van der Waals surface area contributed by atoms with Crippen molar-refractivity contribution < 1.29 is 4.79 Å². The average molecular weight is 329 g/mol. The normalized spacial score (nSPS) is 19.4. The summed E-state index contributed by atoms with van der Waals surface area (Å²) in [5, 5.41) is 0.810. The molecule has 1 unspecified atom stereocenters. The lowest BCUT2D eigenvalue weighted by atomic mass is 10.1. The van der Waals surface area contributed by atoms with E-state index in [1.54, 1.807) is 18.2 Å². The van der Waals surface area contributed by atoms with Crippen molar-refractivity contribution in [2.75, 3.05) is 33.7 Å². The van der Waals surface area contributed by atoms with Crippen LogP contribution in [0.5, 0.6) is 0 Å². The lowest BCUT2D eigenvalue weighted by molar-refractivity contribution is 0.0957. The van der Waals surface area contributed by atoms with Crippen LogP contribution in [0.4, 0.5) is 0 Å². The molecule has 1 aliphatic heterocycles. The molecule has 1 heterocycles. The highest BCUT2D eigenvalue weighted by Gasteiger charge is 2.25. The fourth-order valence-electron chi connectivity index (χ4n) is 2.92. The third-order valence-corrected chi connectivity index (χ3v) is 4.77. The first-order chi connectivity index (χ1) is 9.99. The number of hydrogen-bond acceptors (Lipinski definition) is 3. The molecule has 21 heavy (non-hydrogen) atoms. The molecule has 1 aromatic carbocycles. The Bertz CT molecular complexity index is 505. The van der Waals surface area contributed by atoms with Crippen molar-refractivity contribution in [2.24, 2.45) is 0 Å². The van der Waals surface area contributed by atoms with Gasteiger partial charge in [0.25, 0.3) is 0 Å². The van der Waals surface area contributed by atoms with E-state index in [0.717, 1.165) is 19.6 Å². The van der Waals surface area contributed by atoms with Crippen LogP contribution in [0.1, 0.15) is 29.6 Å². The first-order valence-corrected chi connectivity index (χ1v) is 8.10. The second-order valence-electron chi connectivity index (χ2n) is 5.87. The van der Waals surface area contributed by atoms with Crippen molar-refractivity contribution in [2.45, 2.75) is 25.3 Å². The molecule has 0 bridgehead atoms. The maximum Gasteiger partial charge on any atom is 0.165 e. The second-order valence-corrected chi connectivity index (χ2v) is 6.65. The molecule has 1 atom stereocenters. The van der Waals surface area contributed by atoms with Gasteiger partial charge in [0.2, 0.25) is 0 Å².